The fourth-order valence-corrected chi connectivity index (χ4v) is 2.33. The van der Waals surface area contributed by atoms with Crippen molar-refractivity contribution < 1.29 is 17.9 Å². The van der Waals surface area contributed by atoms with Crippen molar-refractivity contribution in [1.82, 2.24) is 4.98 Å². The average molecular weight is 340 g/mol. The van der Waals surface area contributed by atoms with Gasteiger partial charge in [0.1, 0.15) is 5.82 Å². The van der Waals surface area contributed by atoms with E-state index in [0.29, 0.717) is 24.2 Å². The summed E-state index contributed by atoms with van der Waals surface area (Å²) in [6.07, 6.45) is -3.10. The minimum Gasteiger partial charge on any atom is -0.377 e. The Balaban J connectivity index is 2.43. The van der Waals surface area contributed by atoms with Crippen molar-refractivity contribution >= 4 is 21.7 Å². The zero-order chi connectivity index (χ0) is 14.0. The van der Waals surface area contributed by atoms with Gasteiger partial charge in [-0.25, -0.2) is 4.98 Å². The van der Waals surface area contributed by atoms with Crippen molar-refractivity contribution in [2.75, 3.05) is 31.2 Å². The van der Waals surface area contributed by atoms with E-state index in [1.807, 2.05) is 0 Å². The highest BCUT2D eigenvalue weighted by molar-refractivity contribution is 9.10. The number of morpholine rings is 1. The first kappa shape index (κ1) is 14.5. The van der Waals surface area contributed by atoms with E-state index in [9.17, 15) is 13.2 Å². The Morgan fingerprint density at radius 2 is 2.26 bits per heavy atom. The Bertz CT molecular complexity index is 455. The lowest BCUT2D eigenvalue weighted by Crippen LogP contribution is -2.50. The first-order valence-electron chi connectivity index (χ1n) is 5.70. The van der Waals surface area contributed by atoms with E-state index in [0.717, 1.165) is 6.07 Å². The summed E-state index contributed by atoms with van der Waals surface area (Å²) < 4.78 is 44.7. The van der Waals surface area contributed by atoms with Crippen LogP contribution in [0, 0.1) is 0 Å². The third-order valence-corrected chi connectivity index (χ3v) is 3.34. The maximum Gasteiger partial charge on any atom is 0.419 e. The molecule has 0 spiro atoms. The third kappa shape index (κ3) is 3.18. The molecule has 2 N–H and O–H groups in total. The van der Waals surface area contributed by atoms with Crippen LogP contribution in [-0.4, -0.2) is 37.3 Å². The topological polar surface area (TPSA) is 51.4 Å². The number of pyridine rings is 1. The van der Waals surface area contributed by atoms with Crippen LogP contribution in [0.2, 0.25) is 0 Å². The fraction of sp³-hybridized carbons (Fsp3) is 0.545. The fourth-order valence-electron chi connectivity index (χ4n) is 2.00. The van der Waals surface area contributed by atoms with Crippen LogP contribution < -0.4 is 10.6 Å². The van der Waals surface area contributed by atoms with E-state index in [4.69, 9.17) is 10.5 Å². The van der Waals surface area contributed by atoms with Crippen LogP contribution in [0.4, 0.5) is 19.0 Å². The Morgan fingerprint density at radius 1 is 1.53 bits per heavy atom. The predicted octanol–water partition coefficient (Wildman–Crippen LogP) is 2.03. The number of rotatable bonds is 2. The first-order chi connectivity index (χ1) is 8.93. The van der Waals surface area contributed by atoms with Gasteiger partial charge in [-0.15, -0.1) is 0 Å². The highest BCUT2D eigenvalue weighted by Crippen LogP contribution is 2.37. The van der Waals surface area contributed by atoms with E-state index >= 15 is 0 Å². The van der Waals surface area contributed by atoms with E-state index in [-0.39, 0.29) is 18.4 Å². The van der Waals surface area contributed by atoms with Crippen molar-refractivity contribution in [1.29, 1.82) is 0 Å². The maximum atomic E-state index is 13.1. The molecule has 0 aromatic carbocycles. The Hall–Kier alpha value is -0.860. The number of hydrogen-bond donors (Lipinski definition) is 1. The van der Waals surface area contributed by atoms with E-state index in [1.54, 1.807) is 4.90 Å². The van der Waals surface area contributed by atoms with Gasteiger partial charge in [-0.1, -0.05) is 0 Å². The molecule has 1 aliphatic heterocycles. The number of aromatic nitrogens is 1. The SMILES string of the molecule is NCC1COCCN1c1ncc(Br)cc1C(F)(F)F. The standard InChI is InChI=1S/C11H13BrF3N3O/c12-7-3-9(11(13,14)15)10(17-5-7)18-1-2-19-6-8(18)4-16/h3,5,8H,1-2,4,6,16H2. The second-order valence-corrected chi connectivity index (χ2v) is 5.10. The molecule has 1 fully saturated rings. The Labute approximate surface area is 116 Å². The molecule has 19 heavy (non-hydrogen) atoms. The van der Waals surface area contributed by atoms with Crippen LogP contribution in [0.15, 0.2) is 16.7 Å². The quantitative estimate of drug-likeness (QED) is 0.895. The number of halogens is 4. The molecule has 0 radical (unpaired) electrons. The van der Waals surface area contributed by atoms with Gasteiger partial charge in [0.15, 0.2) is 0 Å². The van der Waals surface area contributed by atoms with Gasteiger partial charge in [-0.05, 0) is 22.0 Å². The molecular weight excluding hydrogens is 327 g/mol. The monoisotopic (exact) mass is 339 g/mol. The van der Waals surface area contributed by atoms with Crippen LogP contribution in [0.25, 0.3) is 0 Å². The van der Waals surface area contributed by atoms with Gasteiger partial charge in [0.2, 0.25) is 0 Å². The lowest BCUT2D eigenvalue weighted by Gasteiger charge is -2.37. The smallest absolute Gasteiger partial charge is 0.377 e. The molecule has 2 heterocycles. The minimum atomic E-state index is -4.45. The van der Waals surface area contributed by atoms with Gasteiger partial charge in [0.25, 0.3) is 0 Å². The molecule has 106 valence electrons. The molecule has 2 rings (SSSR count). The highest BCUT2D eigenvalue weighted by Gasteiger charge is 2.38. The van der Waals surface area contributed by atoms with Crippen LogP contribution in [-0.2, 0) is 10.9 Å². The summed E-state index contributed by atoms with van der Waals surface area (Å²) in [6, 6.07) is 0.745. The van der Waals surface area contributed by atoms with Crippen molar-refractivity contribution in [2.24, 2.45) is 5.73 Å². The zero-order valence-corrected chi connectivity index (χ0v) is 11.5. The van der Waals surface area contributed by atoms with E-state index < -0.39 is 11.7 Å². The van der Waals surface area contributed by atoms with Crippen LogP contribution in [0.1, 0.15) is 5.56 Å². The number of alkyl halides is 3. The Kier molecular flexibility index (Phi) is 4.32. The van der Waals surface area contributed by atoms with Crippen LogP contribution in [0.3, 0.4) is 0 Å². The summed E-state index contributed by atoms with van der Waals surface area (Å²) >= 11 is 3.01. The summed E-state index contributed by atoms with van der Waals surface area (Å²) in [5.41, 5.74) is 4.82. The van der Waals surface area contributed by atoms with Gasteiger partial charge in [0, 0.05) is 23.8 Å². The molecule has 0 amide bonds. The number of nitrogens with zero attached hydrogens (tertiary/aromatic N) is 2. The third-order valence-electron chi connectivity index (χ3n) is 2.91. The summed E-state index contributed by atoms with van der Waals surface area (Å²) in [7, 11) is 0. The molecule has 1 aromatic rings. The Morgan fingerprint density at radius 3 is 2.89 bits per heavy atom. The molecule has 1 aromatic heterocycles. The lowest BCUT2D eigenvalue weighted by atomic mass is 10.1. The van der Waals surface area contributed by atoms with Crippen molar-refractivity contribution in [3.05, 3.63) is 22.3 Å². The molecule has 0 aliphatic carbocycles. The molecule has 8 heteroatoms. The summed E-state index contributed by atoms with van der Waals surface area (Å²) in [5, 5.41) is 0. The molecule has 0 saturated carbocycles. The van der Waals surface area contributed by atoms with Crippen molar-refractivity contribution in [2.45, 2.75) is 12.2 Å². The predicted molar refractivity (Wildman–Crippen MR) is 67.9 cm³/mol. The maximum absolute atomic E-state index is 13.1. The van der Waals surface area contributed by atoms with Gasteiger partial charge >= 0.3 is 6.18 Å². The van der Waals surface area contributed by atoms with Crippen LogP contribution >= 0.6 is 15.9 Å². The lowest BCUT2D eigenvalue weighted by molar-refractivity contribution is -0.137. The second-order valence-electron chi connectivity index (χ2n) is 4.18. The van der Waals surface area contributed by atoms with Crippen molar-refractivity contribution in [3.63, 3.8) is 0 Å². The number of anilines is 1. The molecule has 1 unspecified atom stereocenters. The van der Waals surface area contributed by atoms with Crippen molar-refractivity contribution in [3.8, 4) is 0 Å². The largest absolute Gasteiger partial charge is 0.419 e. The first-order valence-corrected chi connectivity index (χ1v) is 6.50. The number of hydrogen-bond acceptors (Lipinski definition) is 4. The van der Waals surface area contributed by atoms with E-state index in [1.165, 1.54) is 6.20 Å². The molecule has 1 atom stereocenters. The normalized spacial score (nSPS) is 20.7. The molecule has 1 aliphatic rings. The second kappa shape index (κ2) is 5.64. The van der Waals surface area contributed by atoms with Gasteiger partial charge in [-0.2, -0.15) is 13.2 Å². The molecule has 1 saturated heterocycles. The molecular formula is C11H13BrF3N3O. The zero-order valence-electron chi connectivity index (χ0n) is 9.95. The van der Waals surface area contributed by atoms with Gasteiger partial charge in [-0.3, -0.25) is 0 Å². The number of ether oxygens (including phenoxy) is 1. The van der Waals surface area contributed by atoms with Crippen LogP contribution in [0.5, 0.6) is 0 Å². The van der Waals surface area contributed by atoms with Gasteiger partial charge < -0.3 is 15.4 Å². The average Bonchev–Trinajstić information content (AvgIpc) is 2.37. The summed E-state index contributed by atoms with van der Waals surface area (Å²) in [5.74, 6) is -0.0885. The highest BCUT2D eigenvalue weighted by atomic mass is 79.9. The number of nitrogens with two attached hydrogens (primary N) is 1. The minimum absolute atomic E-state index is 0.0885. The van der Waals surface area contributed by atoms with E-state index in [2.05, 4.69) is 20.9 Å². The molecule has 4 nitrogen and oxygen atoms in total. The molecule has 0 bridgehead atoms. The summed E-state index contributed by atoms with van der Waals surface area (Å²) in [6.45, 7) is 1.24. The van der Waals surface area contributed by atoms with Gasteiger partial charge in [0.05, 0.1) is 24.8 Å². The summed E-state index contributed by atoms with van der Waals surface area (Å²) in [4.78, 5) is 5.48.